The van der Waals surface area contributed by atoms with E-state index in [-0.39, 0.29) is 25.3 Å². The van der Waals surface area contributed by atoms with Crippen LogP contribution in [-0.4, -0.2) is 155 Å². The summed E-state index contributed by atoms with van der Waals surface area (Å²) in [4.78, 5) is 88.0. The summed E-state index contributed by atoms with van der Waals surface area (Å²) in [5.74, 6) is -5.92. The summed E-state index contributed by atoms with van der Waals surface area (Å²) in [7, 11) is 1.61. The van der Waals surface area contributed by atoms with Gasteiger partial charge >= 0.3 is 12.1 Å². The maximum atomic E-state index is 13.6. The molecule has 0 saturated carbocycles. The van der Waals surface area contributed by atoms with Gasteiger partial charge in [-0.2, -0.15) is 0 Å². The van der Waals surface area contributed by atoms with Crippen LogP contribution < -0.4 is 26.6 Å². The van der Waals surface area contributed by atoms with Crippen molar-refractivity contribution in [1.29, 1.82) is 0 Å². The zero-order valence-electron chi connectivity index (χ0n) is 32.6. The Balaban J connectivity index is 2.10. The molecule has 0 aromatic heterocycles. The number of aliphatic hydroxyl groups is 4. The van der Waals surface area contributed by atoms with Gasteiger partial charge in [-0.1, -0.05) is 32.9 Å². The number of carbonyl (C=O) groups excluding carboxylic acids is 6. The van der Waals surface area contributed by atoms with Crippen molar-refractivity contribution in [3.8, 4) is 0 Å². The number of ether oxygens (including phenoxy) is 3. The maximum absolute atomic E-state index is 13.6. The molecule has 1 fully saturated rings. The summed E-state index contributed by atoms with van der Waals surface area (Å²) in [5, 5.41) is 61.1. The summed E-state index contributed by atoms with van der Waals surface area (Å²) in [6.45, 7) is 3.42. The number of carboxylic acids is 1. The molecule has 21 heteroatoms. The molecule has 1 unspecified atom stereocenters. The fourth-order valence-corrected chi connectivity index (χ4v) is 5.01. The van der Waals surface area contributed by atoms with Crippen molar-refractivity contribution in [3.63, 3.8) is 0 Å². The minimum atomic E-state index is -1.81. The fourth-order valence-electron chi connectivity index (χ4n) is 5.01. The molecule has 56 heavy (non-hydrogen) atoms. The van der Waals surface area contributed by atoms with Gasteiger partial charge in [0.1, 0.15) is 43.1 Å². The van der Waals surface area contributed by atoms with E-state index in [4.69, 9.17) is 20.7 Å². The summed E-state index contributed by atoms with van der Waals surface area (Å²) in [6, 6.07) is 3.48. The average molecular weight is 801 g/mol. The second-order valence-electron chi connectivity index (χ2n) is 13.2. The van der Waals surface area contributed by atoms with E-state index < -0.39 is 123 Å². The number of carbonyl (C=O) groups is 7. The number of hydrogen-bond acceptors (Lipinski definition) is 14. The van der Waals surface area contributed by atoms with Gasteiger partial charge in [-0.25, -0.2) is 4.79 Å². The fraction of sp³-hybridized carbons (Fsp3) is 0.629. The molecule has 1 heterocycles. The van der Waals surface area contributed by atoms with Gasteiger partial charge in [-0.15, -0.1) is 0 Å². The van der Waals surface area contributed by atoms with Crippen LogP contribution in [0, 0.1) is 5.92 Å². The summed E-state index contributed by atoms with van der Waals surface area (Å²) in [5.41, 5.74) is 0.875. The van der Waals surface area contributed by atoms with Crippen LogP contribution >= 0.6 is 0 Å². The zero-order chi connectivity index (χ0) is 42.8. The Labute approximate surface area is 324 Å². The third kappa shape index (κ3) is 16.0. The highest BCUT2D eigenvalue weighted by molar-refractivity contribution is 5.98. The Bertz CT molecular complexity index is 1520. The van der Waals surface area contributed by atoms with Crippen molar-refractivity contribution in [3.05, 3.63) is 29.8 Å². The SMILES string of the molecule is [3H]C(CC(=O)O)C(=O)NCC(=O)NCCC(=O)N[C@H](C(=O)N[C@@H](CO[C@@H]1O[C@H](CO)[C@@H](O)[C@H](O)[C@H]1O)C(=O)Nc1ccc(COC(=O)N(C)CCC)cc1)C(C)C. The van der Waals surface area contributed by atoms with Crippen molar-refractivity contribution in [2.24, 2.45) is 5.92 Å². The van der Waals surface area contributed by atoms with Gasteiger partial charge in [-0.3, -0.25) is 28.8 Å². The third-order valence-electron chi connectivity index (χ3n) is 8.19. The molecular formula is C35H54N6O15. The molecule has 0 aliphatic carbocycles. The molecule has 6 amide bonds. The molecule has 0 spiro atoms. The molecule has 2 rings (SSSR count). The summed E-state index contributed by atoms with van der Waals surface area (Å²) in [6.07, 6.45) is -10.7. The standard InChI is InChI=1S/C35H54N6O15/c1-5-14-41(4)35(53)55-17-20-6-8-21(9-7-20)38-32(51)22(18-54-34-31(50)30(49)29(48)23(16-42)56-34)39-33(52)28(19(2)3)40-25(44)12-13-36-26(45)15-37-24(43)10-11-27(46)47/h6-9,19,22-23,28-31,34,42,48-50H,5,10-18H2,1-4H3,(H,36,45)(H,37,43)(H,38,51)(H,39,52)(H,40,44)(H,46,47)/t22-,23+,28-,29+,30-,31+,34+/m0/s1/i10T/t10?,22-,23+,28-,29+,30-,31+,34+. The number of nitrogens with one attached hydrogen (secondary N) is 5. The maximum Gasteiger partial charge on any atom is 0.409 e. The lowest BCUT2D eigenvalue weighted by Crippen LogP contribution is -2.60. The van der Waals surface area contributed by atoms with Gasteiger partial charge in [0.25, 0.3) is 0 Å². The van der Waals surface area contributed by atoms with E-state index in [1.165, 1.54) is 17.0 Å². The van der Waals surface area contributed by atoms with Crippen LogP contribution in [-0.2, 0) is 49.6 Å². The predicted octanol–water partition coefficient (Wildman–Crippen LogP) is -2.47. The topological polar surface area (TPSA) is 312 Å². The van der Waals surface area contributed by atoms with Gasteiger partial charge < -0.3 is 71.2 Å². The van der Waals surface area contributed by atoms with Crippen LogP contribution in [0.2, 0.25) is 0 Å². The number of rotatable bonds is 22. The quantitative estimate of drug-likeness (QED) is 0.0581. The van der Waals surface area contributed by atoms with E-state index in [1.54, 1.807) is 33.0 Å². The van der Waals surface area contributed by atoms with E-state index >= 15 is 0 Å². The second-order valence-corrected chi connectivity index (χ2v) is 13.2. The van der Waals surface area contributed by atoms with Gasteiger partial charge in [-0.05, 0) is 30.0 Å². The molecule has 1 aromatic carbocycles. The number of nitrogens with zero attached hydrogens (tertiary/aromatic N) is 1. The Morgan fingerprint density at radius 1 is 0.911 bits per heavy atom. The largest absolute Gasteiger partial charge is 0.481 e. The molecule has 0 radical (unpaired) electrons. The van der Waals surface area contributed by atoms with Gasteiger partial charge in [0.15, 0.2) is 6.29 Å². The first-order chi connectivity index (χ1) is 26.9. The molecular weight excluding hydrogens is 744 g/mol. The van der Waals surface area contributed by atoms with E-state index in [1.807, 2.05) is 6.92 Å². The number of benzene rings is 1. The van der Waals surface area contributed by atoms with Crippen LogP contribution in [0.5, 0.6) is 0 Å². The van der Waals surface area contributed by atoms with Crippen molar-refractivity contribution in [1.82, 2.24) is 26.2 Å². The van der Waals surface area contributed by atoms with Crippen LogP contribution in [0.3, 0.4) is 0 Å². The zero-order valence-corrected chi connectivity index (χ0v) is 31.6. The van der Waals surface area contributed by atoms with Gasteiger partial charge in [0, 0.05) is 40.0 Å². The van der Waals surface area contributed by atoms with Crippen molar-refractivity contribution >= 4 is 47.3 Å². The van der Waals surface area contributed by atoms with E-state index in [9.17, 15) is 54.0 Å². The molecule has 10 N–H and O–H groups in total. The molecule has 314 valence electrons. The minimum absolute atomic E-state index is 0.0388. The van der Waals surface area contributed by atoms with Crippen LogP contribution in [0.1, 0.15) is 53.4 Å². The number of aliphatic hydroxyl groups excluding tert-OH is 4. The van der Waals surface area contributed by atoms with Crippen molar-refractivity contribution in [2.45, 2.75) is 95.8 Å². The Hall–Kier alpha value is -4.93. The molecule has 21 nitrogen and oxygen atoms in total. The first kappa shape index (κ1) is 45.5. The number of hydrogen-bond donors (Lipinski definition) is 10. The lowest BCUT2D eigenvalue weighted by atomic mass is 9.99. The van der Waals surface area contributed by atoms with E-state index in [0.717, 1.165) is 6.42 Å². The highest BCUT2D eigenvalue weighted by Gasteiger charge is 2.44. The Morgan fingerprint density at radius 3 is 2.20 bits per heavy atom. The smallest absolute Gasteiger partial charge is 0.409 e. The number of aliphatic carboxylic acids is 1. The second kappa shape index (κ2) is 23.9. The van der Waals surface area contributed by atoms with Gasteiger partial charge in [0.05, 0.1) is 26.2 Å². The van der Waals surface area contributed by atoms with E-state index in [2.05, 4.69) is 26.6 Å². The molecule has 8 atom stereocenters. The predicted molar refractivity (Wildman–Crippen MR) is 194 cm³/mol. The normalized spacial score (nSPS) is 21.0. The van der Waals surface area contributed by atoms with Crippen molar-refractivity contribution < 1.29 is 74.7 Å². The van der Waals surface area contributed by atoms with Crippen LogP contribution in [0.25, 0.3) is 0 Å². The summed E-state index contributed by atoms with van der Waals surface area (Å²) < 4.78 is 23.7. The molecule has 1 aromatic rings. The Kier molecular flexibility index (Phi) is 19.4. The lowest BCUT2D eigenvalue weighted by molar-refractivity contribution is -0.301. The highest BCUT2D eigenvalue weighted by atomic mass is 16.7. The van der Waals surface area contributed by atoms with Crippen LogP contribution in [0.4, 0.5) is 10.5 Å². The van der Waals surface area contributed by atoms with Crippen LogP contribution in [0.15, 0.2) is 24.3 Å². The summed E-state index contributed by atoms with van der Waals surface area (Å²) >= 11 is 0. The number of anilines is 1. The molecule has 1 saturated heterocycles. The number of carboxylic acid groups (broad SMARTS) is 1. The first-order valence-electron chi connectivity index (χ1n) is 18.4. The van der Waals surface area contributed by atoms with Gasteiger partial charge in [0.2, 0.25) is 29.5 Å². The number of amides is 6. The highest BCUT2D eigenvalue weighted by Crippen LogP contribution is 2.22. The molecule has 1 aliphatic rings. The lowest BCUT2D eigenvalue weighted by Gasteiger charge is -2.40. The first-order valence-corrected chi connectivity index (χ1v) is 17.9. The Morgan fingerprint density at radius 2 is 1.59 bits per heavy atom. The molecule has 1 aliphatic heterocycles. The monoisotopic (exact) mass is 800 g/mol. The van der Waals surface area contributed by atoms with E-state index in [0.29, 0.717) is 12.1 Å². The van der Waals surface area contributed by atoms with Crippen molar-refractivity contribution in [2.75, 3.05) is 45.2 Å². The third-order valence-corrected chi connectivity index (χ3v) is 8.19. The molecule has 0 bridgehead atoms. The minimum Gasteiger partial charge on any atom is -0.481 e. The average Bonchev–Trinajstić information content (AvgIpc) is 3.16.